The molecule has 0 saturated heterocycles. The molecule has 1 saturated carbocycles. The summed E-state index contributed by atoms with van der Waals surface area (Å²) in [6.45, 7) is 4.09. The standard InChI is InChI=1S/C10H14N2O3/c1-3-14-10(13)9-12-11-8(15-9)6(2)7-4-5-7/h6-7H,3-5H2,1-2H3. The lowest BCUT2D eigenvalue weighted by atomic mass is 10.1. The summed E-state index contributed by atoms with van der Waals surface area (Å²) in [7, 11) is 0. The minimum atomic E-state index is -0.542. The fourth-order valence-electron chi connectivity index (χ4n) is 1.49. The van der Waals surface area contributed by atoms with E-state index < -0.39 is 5.97 Å². The Morgan fingerprint density at radius 1 is 1.60 bits per heavy atom. The highest BCUT2D eigenvalue weighted by Crippen LogP contribution is 2.41. The summed E-state index contributed by atoms with van der Waals surface area (Å²) in [4.78, 5) is 11.2. The lowest BCUT2D eigenvalue weighted by molar-refractivity contribution is 0.0478. The number of carbonyl (C=O) groups is 1. The number of carbonyl (C=O) groups excluding carboxylic acids is 1. The molecule has 0 aromatic carbocycles. The van der Waals surface area contributed by atoms with Crippen molar-refractivity contribution < 1.29 is 13.9 Å². The van der Waals surface area contributed by atoms with Gasteiger partial charge in [-0.3, -0.25) is 0 Å². The third-order valence-electron chi connectivity index (χ3n) is 2.61. The summed E-state index contributed by atoms with van der Waals surface area (Å²) in [5, 5.41) is 7.54. The quantitative estimate of drug-likeness (QED) is 0.708. The Morgan fingerprint density at radius 2 is 2.33 bits per heavy atom. The van der Waals surface area contributed by atoms with Crippen LogP contribution in [0.1, 0.15) is 49.2 Å². The van der Waals surface area contributed by atoms with Crippen LogP contribution in [0.3, 0.4) is 0 Å². The molecule has 82 valence electrons. The Kier molecular flexibility index (Phi) is 2.70. The Labute approximate surface area is 87.8 Å². The SMILES string of the molecule is CCOC(=O)c1nnc(C(C)C2CC2)o1. The first-order chi connectivity index (χ1) is 7.22. The Bertz CT molecular complexity index is 357. The molecule has 5 nitrogen and oxygen atoms in total. The molecule has 1 unspecified atom stereocenters. The molecule has 5 heteroatoms. The highest BCUT2D eigenvalue weighted by Gasteiger charge is 2.33. The van der Waals surface area contributed by atoms with E-state index in [-0.39, 0.29) is 11.8 Å². The van der Waals surface area contributed by atoms with Crippen molar-refractivity contribution >= 4 is 5.97 Å². The van der Waals surface area contributed by atoms with Crippen LogP contribution in [0.4, 0.5) is 0 Å². The number of hydrogen-bond acceptors (Lipinski definition) is 5. The number of aromatic nitrogens is 2. The molecule has 0 N–H and O–H groups in total. The van der Waals surface area contributed by atoms with Gasteiger partial charge < -0.3 is 9.15 Å². The van der Waals surface area contributed by atoms with Gasteiger partial charge in [-0.2, -0.15) is 0 Å². The fourth-order valence-corrected chi connectivity index (χ4v) is 1.49. The maximum atomic E-state index is 11.2. The van der Waals surface area contributed by atoms with E-state index in [0.29, 0.717) is 18.4 Å². The van der Waals surface area contributed by atoms with E-state index in [9.17, 15) is 4.79 Å². The molecule has 0 aliphatic heterocycles. The summed E-state index contributed by atoms with van der Waals surface area (Å²) in [5.41, 5.74) is 0. The first-order valence-electron chi connectivity index (χ1n) is 5.23. The molecule has 1 aromatic rings. The van der Waals surface area contributed by atoms with E-state index in [4.69, 9.17) is 9.15 Å². The summed E-state index contributed by atoms with van der Waals surface area (Å²) < 4.78 is 10.0. The molecular formula is C10H14N2O3. The summed E-state index contributed by atoms with van der Waals surface area (Å²) in [5.74, 6) is 0.848. The van der Waals surface area contributed by atoms with Crippen LogP contribution in [0.2, 0.25) is 0 Å². The van der Waals surface area contributed by atoms with Crippen LogP contribution in [-0.4, -0.2) is 22.8 Å². The number of nitrogens with zero attached hydrogens (tertiary/aromatic N) is 2. The topological polar surface area (TPSA) is 65.2 Å². The predicted octanol–water partition coefficient (Wildman–Crippen LogP) is 1.76. The van der Waals surface area contributed by atoms with Crippen molar-refractivity contribution in [2.24, 2.45) is 5.92 Å². The van der Waals surface area contributed by atoms with Gasteiger partial charge in [0, 0.05) is 5.92 Å². The molecule has 1 heterocycles. The highest BCUT2D eigenvalue weighted by molar-refractivity contribution is 5.83. The van der Waals surface area contributed by atoms with Gasteiger partial charge in [0.25, 0.3) is 0 Å². The lowest BCUT2D eigenvalue weighted by Gasteiger charge is -2.01. The minimum absolute atomic E-state index is 0.0423. The van der Waals surface area contributed by atoms with Crippen LogP contribution in [0.15, 0.2) is 4.42 Å². The van der Waals surface area contributed by atoms with Crippen LogP contribution in [-0.2, 0) is 4.74 Å². The first kappa shape index (κ1) is 10.1. The predicted molar refractivity (Wildman–Crippen MR) is 51.4 cm³/mol. The fraction of sp³-hybridized carbons (Fsp3) is 0.700. The van der Waals surface area contributed by atoms with Gasteiger partial charge in [-0.25, -0.2) is 4.79 Å². The van der Waals surface area contributed by atoms with Crippen molar-refractivity contribution in [3.63, 3.8) is 0 Å². The Balaban J connectivity index is 2.05. The maximum Gasteiger partial charge on any atom is 0.396 e. The largest absolute Gasteiger partial charge is 0.459 e. The number of ether oxygens (including phenoxy) is 1. The Hall–Kier alpha value is -1.39. The van der Waals surface area contributed by atoms with Crippen molar-refractivity contribution in [3.8, 4) is 0 Å². The van der Waals surface area contributed by atoms with Crippen molar-refractivity contribution in [2.75, 3.05) is 6.61 Å². The van der Waals surface area contributed by atoms with Crippen molar-refractivity contribution in [1.82, 2.24) is 10.2 Å². The molecule has 0 radical (unpaired) electrons. The molecule has 1 fully saturated rings. The zero-order valence-corrected chi connectivity index (χ0v) is 8.90. The number of rotatable bonds is 4. The molecule has 1 aliphatic rings. The molecule has 0 spiro atoms. The smallest absolute Gasteiger partial charge is 0.396 e. The average Bonchev–Trinajstić information content (AvgIpc) is 2.95. The third-order valence-corrected chi connectivity index (χ3v) is 2.61. The molecule has 1 aromatic heterocycles. The van der Waals surface area contributed by atoms with Gasteiger partial charge in [-0.1, -0.05) is 6.92 Å². The van der Waals surface area contributed by atoms with Crippen LogP contribution in [0.5, 0.6) is 0 Å². The molecule has 0 bridgehead atoms. The molecule has 1 aliphatic carbocycles. The van der Waals surface area contributed by atoms with Crippen LogP contribution in [0, 0.1) is 5.92 Å². The van der Waals surface area contributed by atoms with E-state index in [2.05, 4.69) is 10.2 Å². The number of esters is 1. The van der Waals surface area contributed by atoms with Gasteiger partial charge in [0.15, 0.2) is 0 Å². The van der Waals surface area contributed by atoms with E-state index in [0.717, 1.165) is 0 Å². The lowest BCUT2D eigenvalue weighted by Crippen LogP contribution is -2.04. The zero-order valence-electron chi connectivity index (χ0n) is 8.90. The van der Waals surface area contributed by atoms with Crippen LogP contribution in [0.25, 0.3) is 0 Å². The van der Waals surface area contributed by atoms with E-state index >= 15 is 0 Å². The average molecular weight is 210 g/mol. The highest BCUT2D eigenvalue weighted by atomic mass is 16.5. The molecule has 1 atom stereocenters. The second kappa shape index (κ2) is 4.00. The van der Waals surface area contributed by atoms with E-state index in [1.54, 1.807) is 6.92 Å². The van der Waals surface area contributed by atoms with Crippen molar-refractivity contribution in [1.29, 1.82) is 0 Å². The van der Waals surface area contributed by atoms with Gasteiger partial charge in [0.1, 0.15) is 0 Å². The summed E-state index contributed by atoms with van der Waals surface area (Å²) in [6, 6.07) is 0. The minimum Gasteiger partial charge on any atom is -0.459 e. The van der Waals surface area contributed by atoms with Crippen molar-refractivity contribution in [3.05, 3.63) is 11.8 Å². The molecule has 0 amide bonds. The summed E-state index contributed by atoms with van der Waals surface area (Å²) in [6.07, 6.45) is 2.41. The van der Waals surface area contributed by atoms with Gasteiger partial charge >= 0.3 is 11.9 Å². The third kappa shape index (κ3) is 2.16. The van der Waals surface area contributed by atoms with Crippen LogP contribution >= 0.6 is 0 Å². The van der Waals surface area contributed by atoms with Gasteiger partial charge in [-0.15, -0.1) is 10.2 Å². The molecule has 15 heavy (non-hydrogen) atoms. The van der Waals surface area contributed by atoms with E-state index in [1.807, 2.05) is 6.92 Å². The monoisotopic (exact) mass is 210 g/mol. The van der Waals surface area contributed by atoms with Crippen molar-refractivity contribution in [2.45, 2.75) is 32.6 Å². The molecule has 2 rings (SSSR count). The normalized spacial score (nSPS) is 17.5. The first-order valence-corrected chi connectivity index (χ1v) is 5.23. The van der Waals surface area contributed by atoms with Gasteiger partial charge in [0.05, 0.1) is 6.61 Å². The molecular weight excluding hydrogens is 196 g/mol. The zero-order chi connectivity index (χ0) is 10.8. The van der Waals surface area contributed by atoms with Gasteiger partial charge in [-0.05, 0) is 25.7 Å². The van der Waals surface area contributed by atoms with Gasteiger partial charge in [0.2, 0.25) is 5.89 Å². The Morgan fingerprint density at radius 3 is 2.93 bits per heavy atom. The summed E-state index contributed by atoms with van der Waals surface area (Å²) >= 11 is 0. The number of hydrogen-bond donors (Lipinski definition) is 0. The second-order valence-corrected chi connectivity index (χ2v) is 3.79. The maximum absolute atomic E-state index is 11.2. The van der Waals surface area contributed by atoms with Crippen LogP contribution < -0.4 is 0 Å². The van der Waals surface area contributed by atoms with E-state index in [1.165, 1.54) is 12.8 Å². The second-order valence-electron chi connectivity index (χ2n) is 3.79.